The van der Waals surface area contributed by atoms with E-state index in [4.69, 9.17) is 10.5 Å². The van der Waals surface area contributed by atoms with Crippen LogP contribution in [0.15, 0.2) is 4.99 Å². The fourth-order valence-electron chi connectivity index (χ4n) is 2.22. The Labute approximate surface area is 99.6 Å². The van der Waals surface area contributed by atoms with Gasteiger partial charge in [0, 0.05) is 32.5 Å². The summed E-state index contributed by atoms with van der Waals surface area (Å²) in [6, 6.07) is 0. The molecule has 6 heteroatoms. The third-order valence-electron chi connectivity index (χ3n) is 3.23. The number of rotatable bonds is 4. The highest BCUT2D eigenvalue weighted by atomic mass is 19.3. The highest BCUT2D eigenvalue weighted by Crippen LogP contribution is 2.42. The second-order valence-corrected chi connectivity index (χ2v) is 4.87. The molecule has 2 fully saturated rings. The van der Waals surface area contributed by atoms with Gasteiger partial charge in [-0.15, -0.1) is 0 Å². The monoisotopic (exact) mass is 247 g/mol. The van der Waals surface area contributed by atoms with Crippen molar-refractivity contribution in [2.24, 2.45) is 16.6 Å². The van der Waals surface area contributed by atoms with Crippen molar-refractivity contribution in [1.82, 2.24) is 5.32 Å². The molecule has 3 N–H and O–H groups in total. The maximum absolute atomic E-state index is 12.6. The van der Waals surface area contributed by atoms with Crippen molar-refractivity contribution in [3.05, 3.63) is 0 Å². The summed E-state index contributed by atoms with van der Waals surface area (Å²) in [5.41, 5.74) is 5.64. The molecule has 1 heterocycles. The van der Waals surface area contributed by atoms with E-state index in [0.29, 0.717) is 19.0 Å². The molecule has 1 saturated heterocycles. The van der Waals surface area contributed by atoms with Crippen LogP contribution in [0.4, 0.5) is 8.78 Å². The number of hydrogen-bond acceptors (Lipinski definition) is 2. The van der Waals surface area contributed by atoms with E-state index in [2.05, 4.69) is 10.3 Å². The number of guanidine groups is 1. The van der Waals surface area contributed by atoms with E-state index in [9.17, 15) is 8.78 Å². The van der Waals surface area contributed by atoms with Crippen molar-refractivity contribution in [2.45, 2.75) is 37.7 Å². The number of halogens is 2. The Morgan fingerprint density at radius 2 is 2.24 bits per heavy atom. The number of nitrogens with zero attached hydrogens (tertiary/aromatic N) is 1. The molecule has 98 valence electrons. The molecule has 0 bridgehead atoms. The minimum absolute atomic E-state index is 0.0203. The van der Waals surface area contributed by atoms with Crippen LogP contribution in [-0.2, 0) is 4.74 Å². The normalized spacial score (nSPS) is 29.1. The zero-order chi connectivity index (χ0) is 12.3. The average molecular weight is 247 g/mol. The lowest BCUT2D eigenvalue weighted by molar-refractivity contribution is -0.107. The predicted molar refractivity (Wildman–Crippen MR) is 61.1 cm³/mol. The van der Waals surface area contributed by atoms with E-state index < -0.39 is 5.92 Å². The van der Waals surface area contributed by atoms with E-state index in [1.165, 1.54) is 0 Å². The lowest BCUT2D eigenvalue weighted by Crippen LogP contribution is -2.40. The zero-order valence-electron chi connectivity index (χ0n) is 9.79. The topological polar surface area (TPSA) is 59.6 Å². The quantitative estimate of drug-likeness (QED) is 0.578. The molecule has 1 unspecified atom stereocenters. The molecular weight excluding hydrogens is 228 g/mol. The summed E-state index contributed by atoms with van der Waals surface area (Å²) < 4.78 is 30.5. The van der Waals surface area contributed by atoms with Crippen LogP contribution in [-0.4, -0.2) is 37.7 Å². The Morgan fingerprint density at radius 3 is 2.82 bits per heavy atom. The van der Waals surface area contributed by atoms with Crippen molar-refractivity contribution in [1.29, 1.82) is 0 Å². The van der Waals surface area contributed by atoms with E-state index in [-0.39, 0.29) is 24.9 Å². The van der Waals surface area contributed by atoms with Gasteiger partial charge < -0.3 is 15.8 Å². The summed E-state index contributed by atoms with van der Waals surface area (Å²) in [7, 11) is 0. The number of nitrogens with one attached hydrogen (secondary N) is 1. The molecule has 1 aliphatic heterocycles. The molecule has 0 spiro atoms. The molecule has 1 aliphatic carbocycles. The summed E-state index contributed by atoms with van der Waals surface area (Å²) in [5, 5.41) is 2.96. The molecule has 0 aromatic carbocycles. The van der Waals surface area contributed by atoms with Crippen LogP contribution >= 0.6 is 0 Å². The molecule has 4 nitrogen and oxygen atoms in total. The van der Waals surface area contributed by atoms with Crippen LogP contribution < -0.4 is 11.1 Å². The SMILES string of the molecule is NC(=NCC1CC(F)(F)C1)NCC1CCCO1. The molecule has 2 aliphatic rings. The van der Waals surface area contributed by atoms with Crippen LogP contribution in [0.25, 0.3) is 0 Å². The van der Waals surface area contributed by atoms with Crippen molar-refractivity contribution >= 4 is 5.96 Å². The van der Waals surface area contributed by atoms with Gasteiger partial charge in [-0.05, 0) is 18.8 Å². The third kappa shape index (κ3) is 3.80. The molecule has 0 aromatic heterocycles. The molecule has 0 aromatic rings. The van der Waals surface area contributed by atoms with E-state index in [1.807, 2.05) is 0 Å². The van der Waals surface area contributed by atoms with Gasteiger partial charge in [0.2, 0.25) is 5.92 Å². The van der Waals surface area contributed by atoms with Crippen molar-refractivity contribution in [3.8, 4) is 0 Å². The number of nitrogens with two attached hydrogens (primary N) is 1. The molecule has 17 heavy (non-hydrogen) atoms. The molecule has 2 rings (SSSR count). The highest BCUT2D eigenvalue weighted by Gasteiger charge is 2.44. The smallest absolute Gasteiger partial charge is 0.248 e. The molecule has 0 amide bonds. The van der Waals surface area contributed by atoms with Crippen LogP contribution in [0.2, 0.25) is 0 Å². The molecular formula is C11H19F2N3O. The van der Waals surface area contributed by atoms with Gasteiger partial charge in [-0.1, -0.05) is 0 Å². The number of aliphatic imine (C=N–C) groups is 1. The molecule has 1 atom stereocenters. The average Bonchev–Trinajstić information content (AvgIpc) is 2.73. The zero-order valence-corrected chi connectivity index (χ0v) is 9.79. The Bertz CT molecular complexity index is 282. The van der Waals surface area contributed by atoms with Crippen LogP contribution in [0.3, 0.4) is 0 Å². The Balaban J connectivity index is 1.60. The van der Waals surface area contributed by atoms with Crippen LogP contribution in [0.1, 0.15) is 25.7 Å². The maximum Gasteiger partial charge on any atom is 0.248 e. The first-order valence-electron chi connectivity index (χ1n) is 6.08. The predicted octanol–water partition coefficient (Wildman–Crippen LogP) is 1.11. The van der Waals surface area contributed by atoms with Crippen molar-refractivity contribution < 1.29 is 13.5 Å². The summed E-state index contributed by atoms with van der Waals surface area (Å²) in [6.45, 7) is 1.84. The van der Waals surface area contributed by atoms with Gasteiger partial charge in [0.25, 0.3) is 0 Å². The van der Waals surface area contributed by atoms with Crippen molar-refractivity contribution in [2.75, 3.05) is 19.7 Å². The minimum atomic E-state index is -2.47. The number of alkyl halides is 2. The largest absolute Gasteiger partial charge is 0.376 e. The highest BCUT2D eigenvalue weighted by molar-refractivity contribution is 5.77. The fraction of sp³-hybridized carbons (Fsp3) is 0.909. The second kappa shape index (κ2) is 5.16. The lowest BCUT2D eigenvalue weighted by Gasteiger charge is -2.33. The molecule has 1 saturated carbocycles. The summed E-state index contributed by atoms with van der Waals surface area (Å²) in [4.78, 5) is 4.07. The van der Waals surface area contributed by atoms with Gasteiger partial charge in [0.15, 0.2) is 5.96 Å². The summed E-state index contributed by atoms with van der Waals surface area (Å²) in [6.07, 6.45) is 2.21. The van der Waals surface area contributed by atoms with Crippen molar-refractivity contribution in [3.63, 3.8) is 0 Å². The summed E-state index contributed by atoms with van der Waals surface area (Å²) >= 11 is 0. The second-order valence-electron chi connectivity index (χ2n) is 4.87. The van der Waals surface area contributed by atoms with Gasteiger partial charge in [-0.25, -0.2) is 8.78 Å². The van der Waals surface area contributed by atoms with E-state index in [0.717, 1.165) is 19.4 Å². The maximum atomic E-state index is 12.6. The lowest BCUT2D eigenvalue weighted by atomic mass is 9.81. The van der Waals surface area contributed by atoms with E-state index >= 15 is 0 Å². The fourth-order valence-corrected chi connectivity index (χ4v) is 2.22. The standard InChI is InChI=1S/C11H19F2N3O/c12-11(13)4-8(5-11)6-15-10(14)16-7-9-2-1-3-17-9/h8-9H,1-7H2,(H3,14,15,16). The van der Waals surface area contributed by atoms with Gasteiger partial charge in [0.1, 0.15) is 0 Å². The Hall–Kier alpha value is -0.910. The van der Waals surface area contributed by atoms with E-state index in [1.54, 1.807) is 0 Å². The first-order chi connectivity index (χ1) is 8.05. The summed E-state index contributed by atoms with van der Waals surface area (Å²) in [5.74, 6) is -2.16. The Kier molecular flexibility index (Phi) is 3.81. The van der Waals surface area contributed by atoms with Gasteiger partial charge in [0.05, 0.1) is 6.10 Å². The number of ether oxygens (including phenoxy) is 1. The van der Waals surface area contributed by atoms with Gasteiger partial charge in [-0.2, -0.15) is 0 Å². The number of hydrogen-bond donors (Lipinski definition) is 2. The van der Waals surface area contributed by atoms with Gasteiger partial charge in [-0.3, -0.25) is 4.99 Å². The first-order valence-corrected chi connectivity index (χ1v) is 6.08. The van der Waals surface area contributed by atoms with Gasteiger partial charge >= 0.3 is 0 Å². The van der Waals surface area contributed by atoms with Crippen LogP contribution in [0.5, 0.6) is 0 Å². The first kappa shape index (κ1) is 12.5. The minimum Gasteiger partial charge on any atom is -0.376 e. The molecule has 0 radical (unpaired) electrons. The Morgan fingerprint density at radius 1 is 1.47 bits per heavy atom. The third-order valence-corrected chi connectivity index (χ3v) is 3.23. The van der Waals surface area contributed by atoms with Crippen LogP contribution in [0, 0.1) is 5.92 Å².